The molecule has 0 fully saturated rings. The molecule has 0 aliphatic carbocycles. The second kappa shape index (κ2) is 12.6. The van der Waals surface area contributed by atoms with Crippen molar-refractivity contribution in [2.24, 2.45) is 4.99 Å². The van der Waals surface area contributed by atoms with Crippen LogP contribution in [0.4, 0.5) is 0 Å². The van der Waals surface area contributed by atoms with Crippen LogP contribution in [0.1, 0.15) is 101 Å². The first kappa shape index (κ1) is 33.6. The molecular formula is C35H40N2O7S. The van der Waals surface area contributed by atoms with Crippen molar-refractivity contribution in [1.29, 1.82) is 0 Å². The number of ether oxygens (including phenoxy) is 3. The molecule has 0 bridgehead atoms. The van der Waals surface area contributed by atoms with Crippen LogP contribution in [0.5, 0.6) is 5.75 Å². The Labute approximate surface area is 266 Å². The average molecular weight is 633 g/mol. The monoisotopic (exact) mass is 632 g/mol. The van der Waals surface area contributed by atoms with Crippen LogP contribution in [0, 0.1) is 0 Å². The standard InChI is InChI=1S/C35H40N2O7S/c1-11-43-32(41)27-19(2)36-33-37(28(27)22-12-14-23(15-13-22)31(40)42-10)30(39)26(45-33)18-21-16-24(34(4,5)6)29(44-20(3)38)25(17-21)35(7,8)9/h12-18,28H,11H2,1-10H3. The number of nitrogens with zero attached hydrogens (tertiary/aromatic N) is 2. The normalized spacial score (nSPS) is 15.3. The molecule has 1 unspecified atom stereocenters. The number of thiazole rings is 1. The van der Waals surface area contributed by atoms with Gasteiger partial charge in [0.05, 0.1) is 41.1 Å². The Hall–Kier alpha value is -4.31. The molecule has 2 aromatic carbocycles. The summed E-state index contributed by atoms with van der Waals surface area (Å²) in [5.41, 5.74) is 3.03. The van der Waals surface area contributed by atoms with Crippen LogP contribution in [-0.2, 0) is 29.9 Å². The Morgan fingerprint density at radius 3 is 2.04 bits per heavy atom. The van der Waals surface area contributed by atoms with Gasteiger partial charge in [-0.2, -0.15) is 0 Å². The zero-order valence-electron chi connectivity index (χ0n) is 27.5. The fourth-order valence-corrected chi connectivity index (χ4v) is 6.33. The van der Waals surface area contributed by atoms with Crippen molar-refractivity contribution in [3.63, 3.8) is 0 Å². The number of aromatic nitrogens is 1. The Morgan fingerprint density at radius 1 is 0.978 bits per heavy atom. The number of carbonyl (C=O) groups excluding carboxylic acids is 3. The quantitative estimate of drug-likeness (QED) is 0.274. The minimum absolute atomic E-state index is 0.156. The van der Waals surface area contributed by atoms with Crippen LogP contribution in [0.25, 0.3) is 6.08 Å². The van der Waals surface area contributed by atoms with Crippen LogP contribution >= 0.6 is 11.3 Å². The zero-order valence-corrected chi connectivity index (χ0v) is 28.3. The molecule has 1 aromatic heterocycles. The molecule has 1 aliphatic rings. The first-order valence-electron chi connectivity index (χ1n) is 14.7. The van der Waals surface area contributed by atoms with E-state index in [9.17, 15) is 19.2 Å². The van der Waals surface area contributed by atoms with Crippen molar-refractivity contribution in [2.75, 3.05) is 13.7 Å². The van der Waals surface area contributed by atoms with Crippen molar-refractivity contribution in [3.8, 4) is 5.75 Å². The summed E-state index contributed by atoms with van der Waals surface area (Å²) in [5.74, 6) is -0.932. The van der Waals surface area contributed by atoms with Crippen LogP contribution < -0.4 is 19.6 Å². The predicted molar refractivity (Wildman–Crippen MR) is 173 cm³/mol. The molecule has 9 nitrogen and oxygen atoms in total. The van der Waals surface area contributed by atoms with Gasteiger partial charge in [0.25, 0.3) is 5.56 Å². The zero-order chi connectivity index (χ0) is 33.4. The lowest BCUT2D eigenvalue weighted by molar-refractivity contribution is -0.139. The summed E-state index contributed by atoms with van der Waals surface area (Å²) in [4.78, 5) is 56.7. The molecule has 10 heteroatoms. The molecule has 0 amide bonds. The Balaban J connectivity index is 1.99. The highest BCUT2D eigenvalue weighted by Crippen LogP contribution is 2.41. The fraction of sp³-hybridized carbons (Fsp3) is 0.400. The van der Waals surface area contributed by atoms with Gasteiger partial charge in [-0.3, -0.25) is 14.2 Å². The molecule has 2 heterocycles. The van der Waals surface area contributed by atoms with E-state index in [1.165, 1.54) is 29.9 Å². The van der Waals surface area contributed by atoms with Gasteiger partial charge in [-0.25, -0.2) is 14.6 Å². The van der Waals surface area contributed by atoms with Gasteiger partial charge >= 0.3 is 17.9 Å². The number of carbonyl (C=O) groups is 3. The smallest absolute Gasteiger partial charge is 0.338 e. The highest BCUT2D eigenvalue weighted by molar-refractivity contribution is 7.07. The molecule has 0 saturated heterocycles. The Bertz CT molecular complexity index is 1850. The van der Waals surface area contributed by atoms with Crippen molar-refractivity contribution >= 4 is 35.3 Å². The van der Waals surface area contributed by atoms with Gasteiger partial charge in [0.1, 0.15) is 5.75 Å². The molecule has 3 aromatic rings. The number of hydrogen-bond acceptors (Lipinski definition) is 9. The summed E-state index contributed by atoms with van der Waals surface area (Å²) in [6.07, 6.45) is 1.81. The largest absolute Gasteiger partial charge is 0.465 e. The third kappa shape index (κ3) is 6.86. The summed E-state index contributed by atoms with van der Waals surface area (Å²) < 4.78 is 17.9. The molecule has 0 spiro atoms. The number of allylic oxidation sites excluding steroid dienone is 1. The third-order valence-corrected chi connectivity index (χ3v) is 8.42. The summed E-state index contributed by atoms with van der Waals surface area (Å²) in [5, 5.41) is 0. The van der Waals surface area contributed by atoms with E-state index in [4.69, 9.17) is 14.2 Å². The van der Waals surface area contributed by atoms with Crippen LogP contribution in [0.2, 0.25) is 0 Å². The summed E-state index contributed by atoms with van der Waals surface area (Å²) in [6.45, 7) is 17.3. The highest BCUT2D eigenvalue weighted by Gasteiger charge is 2.34. The van der Waals surface area contributed by atoms with E-state index in [0.29, 0.717) is 31.9 Å². The molecular weight excluding hydrogens is 592 g/mol. The Morgan fingerprint density at radius 2 is 1.56 bits per heavy atom. The highest BCUT2D eigenvalue weighted by atomic mass is 32.1. The van der Waals surface area contributed by atoms with Gasteiger partial charge < -0.3 is 14.2 Å². The third-order valence-electron chi connectivity index (χ3n) is 7.44. The number of esters is 3. The first-order valence-corrected chi connectivity index (χ1v) is 15.5. The molecule has 4 rings (SSSR count). The molecule has 238 valence electrons. The Kier molecular flexibility index (Phi) is 9.40. The maximum absolute atomic E-state index is 14.2. The number of rotatable bonds is 6. The van der Waals surface area contributed by atoms with E-state index in [0.717, 1.165) is 16.7 Å². The maximum Gasteiger partial charge on any atom is 0.338 e. The van der Waals surface area contributed by atoms with Gasteiger partial charge in [0, 0.05) is 18.1 Å². The van der Waals surface area contributed by atoms with Crippen LogP contribution in [0.3, 0.4) is 0 Å². The lowest BCUT2D eigenvalue weighted by Crippen LogP contribution is -2.40. The predicted octanol–water partition coefficient (Wildman–Crippen LogP) is 5.11. The molecule has 1 aliphatic heterocycles. The lowest BCUT2D eigenvalue weighted by Gasteiger charge is -2.29. The summed E-state index contributed by atoms with van der Waals surface area (Å²) in [7, 11) is 1.30. The molecule has 45 heavy (non-hydrogen) atoms. The van der Waals surface area contributed by atoms with E-state index in [2.05, 4.69) is 4.99 Å². The second-order valence-electron chi connectivity index (χ2n) is 13.0. The fourth-order valence-electron chi connectivity index (χ4n) is 5.28. The number of benzene rings is 2. The van der Waals surface area contributed by atoms with Crippen molar-refractivity contribution in [1.82, 2.24) is 4.57 Å². The molecule has 0 radical (unpaired) electrons. The molecule has 0 N–H and O–H groups in total. The molecule has 0 saturated carbocycles. The van der Waals surface area contributed by atoms with Crippen molar-refractivity contribution in [3.05, 3.63) is 95.2 Å². The van der Waals surface area contributed by atoms with E-state index >= 15 is 0 Å². The summed E-state index contributed by atoms with van der Waals surface area (Å²) >= 11 is 1.22. The van der Waals surface area contributed by atoms with Crippen molar-refractivity contribution in [2.45, 2.75) is 79.2 Å². The number of hydrogen-bond donors (Lipinski definition) is 0. The van der Waals surface area contributed by atoms with Gasteiger partial charge in [-0.1, -0.05) is 65.0 Å². The van der Waals surface area contributed by atoms with Crippen LogP contribution in [-0.4, -0.2) is 36.2 Å². The topological polar surface area (TPSA) is 113 Å². The van der Waals surface area contributed by atoms with Gasteiger partial charge in [0.2, 0.25) is 0 Å². The molecule has 1 atom stereocenters. The minimum Gasteiger partial charge on any atom is -0.465 e. The van der Waals surface area contributed by atoms with E-state index in [1.807, 2.05) is 59.8 Å². The first-order chi connectivity index (χ1) is 21.0. The van der Waals surface area contributed by atoms with Gasteiger partial charge in [-0.15, -0.1) is 0 Å². The number of methoxy groups -OCH3 is 1. The summed E-state index contributed by atoms with van der Waals surface area (Å²) in [6, 6.07) is 9.67. The van der Waals surface area contributed by atoms with E-state index in [-0.39, 0.29) is 28.6 Å². The average Bonchev–Trinajstić information content (AvgIpc) is 3.25. The maximum atomic E-state index is 14.2. The second-order valence-corrected chi connectivity index (χ2v) is 14.0. The van der Waals surface area contributed by atoms with Gasteiger partial charge in [0.15, 0.2) is 4.80 Å². The van der Waals surface area contributed by atoms with Crippen molar-refractivity contribution < 1.29 is 28.6 Å². The lowest BCUT2D eigenvalue weighted by atomic mass is 9.78. The minimum atomic E-state index is -0.823. The van der Waals surface area contributed by atoms with Crippen LogP contribution in [0.15, 0.2) is 57.5 Å². The van der Waals surface area contributed by atoms with Gasteiger partial charge in [-0.05, 0) is 66.1 Å². The number of fused-ring (bicyclic) bond motifs is 1. The SMILES string of the molecule is CCOC(=O)C1=C(C)N=c2sc(=Cc3cc(C(C)(C)C)c(OC(C)=O)c(C(C)(C)C)c3)c(=O)n2C1c1ccc(C(=O)OC)cc1. The van der Waals surface area contributed by atoms with E-state index in [1.54, 1.807) is 38.1 Å². The van der Waals surface area contributed by atoms with E-state index < -0.39 is 23.9 Å².